The van der Waals surface area contributed by atoms with E-state index in [0.29, 0.717) is 18.0 Å². The third-order valence-electron chi connectivity index (χ3n) is 7.40. The number of sulfonamides is 1. The second-order valence-corrected chi connectivity index (χ2v) is 15.9. The van der Waals surface area contributed by atoms with Gasteiger partial charge in [-0.05, 0) is 106 Å². The Labute approximate surface area is 297 Å². The van der Waals surface area contributed by atoms with Gasteiger partial charge in [-0.3, -0.25) is 13.9 Å². The number of anilines is 1. The van der Waals surface area contributed by atoms with Crippen LogP contribution in [0.25, 0.3) is 0 Å². The number of hydrogen-bond donors (Lipinski definition) is 1. The summed E-state index contributed by atoms with van der Waals surface area (Å²) in [6, 6.07) is 29.2. The van der Waals surface area contributed by atoms with Crippen molar-refractivity contribution < 1.29 is 22.7 Å². The minimum Gasteiger partial charge on any atom is -0.494 e. The maximum Gasteiger partial charge on any atom is 0.264 e. The van der Waals surface area contributed by atoms with Crippen molar-refractivity contribution in [1.82, 2.24) is 10.2 Å². The number of ether oxygens (including phenoxy) is 1. The fraction of sp³-hybridized carbons (Fsp3) is 0.297. The fourth-order valence-corrected chi connectivity index (χ4v) is 7.16. The van der Waals surface area contributed by atoms with Gasteiger partial charge in [-0.25, -0.2) is 8.42 Å². The number of thioether (sulfide) groups is 1. The topological polar surface area (TPSA) is 96.0 Å². The van der Waals surface area contributed by atoms with Crippen molar-refractivity contribution in [2.75, 3.05) is 23.7 Å². The van der Waals surface area contributed by atoms with Crippen molar-refractivity contribution in [2.24, 2.45) is 0 Å². The van der Waals surface area contributed by atoms with Crippen molar-refractivity contribution in [1.29, 1.82) is 0 Å². The molecule has 4 rings (SSSR count). The smallest absolute Gasteiger partial charge is 0.264 e. The Morgan fingerprint density at radius 3 is 2.06 bits per heavy atom. The number of hydrogen-bond acceptors (Lipinski definition) is 6. The van der Waals surface area contributed by atoms with Crippen molar-refractivity contribution in [2.45, 2.75) is 62.0 Å². The third-order valence-corrected chi connectivity index (χ3v) is 10.5. The highest BCUT2D eigenvalue weighted by Gasteiger charge is 2.35. The molecule has 0 heterocycles. The number of amides is 2. The first kappa shape index (κ1) is 37.0. The van der Waals surface area contributed by atoms with E-state index in [0.717, 1.165) is 24.8 Å². The molecule has 254 valence electrons. The molecule has 0 unspecified atom stereocenters. The van der Waals surface area contributed by atoms with Gasteiger partial charge in [0.05, 0.1) is 17.2 Å². The molecule has 8 nitrogen and oxygen atoms in total. The molecular formula is C37H42BrN3O5S2. The van der Waals surface area contributed by atoms with Gasteiger partial charge in [0.15, 0.2) is 0 Å². The summed E-state index contributed by atoms with van der Waals surface area (Å²) >= 11 is 4.97. The van der Waals surface area contributed by atoms with Crippen molar-refractivity contribution >= 4 is 55.2 Å². The Morgan fingerprint density at radius 2 is 1.50 bits per heavy atom. The Kier molecular flexibility index (Phi) is 12.8. The van der Waals surface area contributed by atoms with Gasteiger partial charge < -0.3 is 15.0 Å². The quantitative estimate of drug-likeness (QED) is 0.136. The van der Waals surface area contributed by atoms with Gasteiger partial charge in [0.1, 0.15) is 18.3 Å². The molecule has 0 aliphatic heterocycles. The van der Waals surface area contributed by atoms with E-state index in [1.54, 1.807) is 48.5 Å². The van der Waals surface area contributed by atoms with Crippen LogP contribution in [0.1, 0.15) is 38.8 Å². The summed E-state index contributed by atoms with van der Waals surface area (Å²) in [7, 11) is -4.22. The van der Waals surface area contributed by atoms with Crippen LogP contribution in [0.5, 0.6) is 5.75 Å². The van der Waals surface area contributed by atoms with Crippen molar-refractivity contribution in [3.8, 4) is 5.75 Å². The number of rotatable bonds is 14. The van der Waals surface area contributed by atoms with E-state index in [1.807, 2.05) is 88.5 Å². The van der Waals surface area contributed by atoms with Gasteiger partial charge in [-0.15, -0.1) is 11.8 Å². The van der Waals surface area contributed by atoms with Crippen molar-refractivity contribution in [3.63, 3.8) is 0 Å². The van der Waals surface area contributed by atoms with E-state index >= 15 is 0 Å². The molecule has 0 aromatic heterocycles. The van der Waals surface area contributed by atoms with Crippen LogP contribution in [0.15, 0.2) is 117 Å². The molecule has 48 heavy (non-hydrogen) atoms. The Hall–Kier alpha value is -3.80. The van der Waals surface area contributed by atoms with Gasteiger partial charge in [0.2, 0.25) is 11.8 Å². The normalized spacial score (nSPS) is 12.2. The second-order valence-electron chi connectivity index (χ2n) is 12.2. The zero-order valence-corrected chi connectivity index (χ0v) is 31.1. The molecule has 4 aromatic carbocycles. The monoisotopic (exact) mass is 751 g/mol. The first-order valence-corrected chi connectivity index (χ1v) is 19.1. The maximum atomic E-state index is 14.7. The molecule has 0 spiro atoms. The summed E-state index contributed by atoms with van der Waals surface area (Å²) in [5.41, 5.74) is 1.38. The van der Waals surface area contributed by atoms with Crippen LogP contribution in [0, 0.1) is 0 Å². The zero-order valence-electron chi connectivity index (χ0n) is 27.9. The Morgan fingerprint density at radius 1 is 0.875 bits per heavy atom. The molecular weight excluding hydrogens is 710 g/mol. The maximum absolute atomic E-state index is 14.7. The third kappa shape index (κ3) is 10.1. The van der Waals surface area contributed by atoms with Crippen LogP contribution in [0.3, 0.4) is 0 Å². The molecule has 1 N–H and O–H groups in total. The number of carbonyl (C=O) groups is 2. The lowest BCUT2D eigenvalue weighted by atomic mass is 10.0. The van der Waals surface area contributed by atoms with Crippen LogP contribution >= 0.6 is 27.7 Å². The van der Waals surface area contributed by atoms with Crippen LogP contribution < -0.4 is 14.4 Å². The van der Waals surface area contributed by atoms with Gasteiger partial charge in [-0.2, -0.15) is 0 Å². The van der Waals surface area contributed by atoms with Crippen LogP contribution in [-0.4, -0.2) is 56.1 Å². The molecule has 0 aliphatic rings. The number of nitrogens with one attached hydrogen (secondary N) is 1. The standard InChI is InChI=1S/C37H42BrN3O5S2/c1-6-46-31-18-16-30(17-19-31)41(48(44,45)33-22-20-32(47-5)21-23-33)26-35(42)40(25-28-12-14-29(38)15-13-28)34(36(43)39-37(2,3)4)24-27-10-8-7-9-11-27/h7-23,34H,6,24-26H2,1-5H3,(H,39,43)/t34-/m0/s1. The fourth-order valence-electron chi connectivity index (χ4n) is 5.07. The summed E-state index contributed by atoms with van der Waals surface area (Å²) in [5, 5.41) is 3.05. The minimum absolute atomic E-state index is 0.0488. The summed E-state index contributed by atoms with van der Waals surface area (Å²) in [4.78, 5) is 31.1. The van der Waals surface area contributed by atoms with E-state index < -0.39 is 34.1 Å². The molecule has 2 amide bonds. The molecule has 4 aromatic rings. The molecule has 0 fully saturated rings. The Bertz CT molecular complexity index is 1760. The predicted octanol–water partition coefficient (Wildman–Crippen LogP) is 7.32. The van der Waals surface area contributed by atoms with E-state index in [-0.39, 0.29) is 23.8 Å². The minimum atomic E-state index is -4.22. The molecule has 0 saturated heterocycles. The zero-order chi connectivity index (χ0) is 34.9. The van der Waals surface area contributed by atoms with Gasteiger partial charge >= 0.3 is 0 Å². The Balaban J connectivity index is 1.81. The van der Waals surface area contributed by atoms with Gasteiger partial charge in [0, 0.05) is 27.9 Å². The highest BCUT2D eigenvalue weighted by Crippen LogP contribution is 2.28. The molecule has 0 radical (unpaired) electrons. The van der Waals surface area contributed by atoms with E-state index in [2.05, 4.69) is 21.2 Å². The van der Waals surface area contributed by atoms with Gasteiger partial charge in [0.25, 0.3) is 10.0 Å². The number of benzene rings is 4. The molecule has 0 bridgehead atoms. The largest absolute Gasteiger partial charge is 0.494 e. The number of carbonyl (C=O) groups excluding carboxylic acids is 2. The van der Waals surface area contributed by atoms with E-state index in [4.69, 9.17) is 4.74 Å². The summed E-state index contributed by atoms with van der Waals surface area (Å²) in [6.07, 6.45) is 2.15. The molecule has 1 atom stereocenters. The van der Waals surface area contributed by atoms with Crippen LogP contribution in [0.2, 0.25) is 0 Å². The van der Waals surface area contributed by atoms with Crippen molar-refractivity contribution in [3.05, 3.63) is 119 Å². The second kappa shape index (κ2) is 16.5. The molecule has 0 saturated carbocycles. The SMILES string of the molecule is CCOc1ccc(N(CC(=O)N(Cc2ccc(Br)cc2)[C@@H](Cc2ccccc2)C(=O)NC(C)(C)C)S(=O)(=O)c2ccc(SC)cc2)cc1. The highest BCUT2D eigenvalue weighted by atomic mass is 79.9. The summed E-state index contributed by atoms with van der Waals surface area (Å²) < 4.78 is 36.2. The van der Waals surface area contributed by atoms with Gasteiger partial charge in [-0.1, -0.05) is 58.4 Å². The lowest BCUT2D eigenvalue weighted by Crippen LogP contribution is -2.56. The van der Waals surface area contributed by atoms with Crippen LogP contribution in [-0.2, 0) is 32.6 Å². The average Bonchev–Trinajstić information content (AvgIpc) is 3.06. The number of nitrogens with zero attached hydrogens (tertiary/aromatic N) is 2. The van der Waals surface area contributed by atoms with Crippen LogP contribution in [0.4, 0.5) is 5.69 Å². The first-order valence-electron chi connectivity index (χ1n) is 15.6. The lowest BCUT2D eigenvalue weighted by molar-refractivity contribution is -0.140. The summed E-state index contributed by atoms with van der Waals surface area (Å²) in [6.45, 7) is 7.51. The van der Waals surface area contributed by atoms with E-state index in [1.165, 1.54) is 16.7 Å². The lowest BCUT2D eigenvalue weighted by Gasteiger charge is -2.35. The molecule has 0 aliphatic carbocycles. The molecule has 11 heteroatoms. The number of halogens is 1. The van der Waals surface area contributed by atoms with E-state index in [9.17, 15) is 18.0 Å². The first-order chi connectivity index (χ1) is 22.8. The average molecular weight is 753 g/mol. The predicted molar refractivity (Wildman–Crippen MR) is 197 cm³/mol. The highest BCUT2D eigenvalue weighted by molar-refractivity contribution is 9.10. The summed E-state index contributed by atoms with van der Waals surface area (Å²) in [5.74, 6) is -0.283.